The lowest BCUT2D eigenvalue weighted by Gasteiger charge is -2.10. The number of hydrogen-bond donors (Lipinski definition) is 1. The molecule has 5 rings (SSSR count). The van der Waals surface area contributed by atoms with Gasteiger partial charge in [-0.25, -0.2) is 9.18 Å². The molecule has 1 N–H and O–H groups in total. The molecule has 0 amide bonds. The van der Waals surface area contributed by atoms with E-state index in [4.69, 9.17) is 9.47 Å². The summed E-state index contributed by atoms with van der Waals surface area (Å²) in [7, 11) is 1.36. The fraction of sp³-hybridized carbons (Fsp3) is 0.0690. The van der Waals surface area contributed by atoms with E-state index in [2.05, 4.69) is 4.98 Å². The fourth-order valence-electron chi connectivity index (χ4n) is 4.05. The van der Waals surface area contributed by atoms with Crippen molar-refractivity contribution in [3.05, 3.63) is 114 Å². The van der Waals surface area contributed by atoms with Gasteiger partial charge in [-0.2, -0.15) is 0 Å². The van der Waals surface area contributed by atoms with Crippen molar-refractivity contribution in [2.45, 2.75) is 6.61 Å². The Morgan fingerprint density at radius 1 is 0.824 bits per heavy atom. The Hall–Kier alpha value is -4.38. The summed E-state index contributed by atoms with van der Waals surface area (Å²) in [4.78, 5) is 15.8. The largest absolute Gasteiger partial charge is 0.489 e. The van der Waals surface area contributed by atoms with Gasteiger partial charge in [0.15, 0.2) is 0 Å². The first-order valence-corrected chi connectivity index (χ1v) is 10.9. The van der Waals surface area contributed by atoms with E-state index in [1.54, 1.807) is 12.1 Å². The minimum atomic E-state index is -0.454. The van der Waals surface area contributed by atoms with Gasteiger partial charge in [-0.3, -0.25) is 0 Å². The van der Waals surface area contributed by atoms with Crippen LogP contribution in [0, 0.1) is 5.82 Å². The maximum atomic E-state index is 13.4. The summed E-state index contributed by atoms with van der Waals surface area (Å²) < 4.78 is 24.5. The zero-order valence-electron chi connectivity index (χ0n) is 18.5. The van der Waals surface area contributed by atoms with Crippen molar-refractivity contribution in [3.8, 4) is 28.0 Å². The molecule has 168 valence electrons. The van der Waals surface area contributed by atoms with Crippen LogP contribution in [0.3, 0.4) is 0 Å². The summed E-state index contributed by atoms with van der Waals surface area (Å²) >= 11 is 0. The van der Waals surface area contributed by atoms with E-state index in [0.717, 1.165) is 38.7 Å². The second kappa shape index (κ2) is 9.24. The molecular weight excluding hydrogens is 429 g/mol. The number of carbonyl (C=O) groups is 1. The van der Waals surface area contributed by atoms with E-state index in [9.17, 15) is 9.18 Å². The summed E-state index contributed by atoms with van der Waals surface area (Å²) in [5, 5.41) is 0.863. The summed E-state index contributed by atoms with van der Waals surface area (Å²) in [6, 6.07) is 29.8. The zero-order chi connectivity index (χ0) is 23.5. The van der Waals surface area contributed by atoms with Gasteiger partial charge in [-0.1, -0.05) is 60.7 Å². The number of methoxy groups -OCH3 is 1. The van der Waals surface area contributed by atoms with E-state index >= 15 is 0 Å². The van der Waals surface area contributed by atoms with Crippen LogP contribution in [0.15, 0.2) is 97.1 Å². The van der Waals surface area contributed by atoms with Crippen molar-refractivity contribution < 1.29 is 18.7 Å². The van der Waals surface area contributed by atoms with Crippen molar-refractivity contribution >= 4 is 16.9 Å². The monoisotopic (exact) mass is 451 g/mol. The predicted octanol–water partition coefficient (Wildman–Crippen LogP) is 7.01. The average Bonchev–Trinajstić information content (AvgIpc) is 3.27. The van der Waals surface area contributed by atoms with Gasteiger partial charge in [0.25, 0.3) is 0 Å². The van der Waals surface area contributed by atoms with Crippen molar-refractivity contribution in [1.29, 1.82) is 0 Å². The second-order valence-corrected chi connectivity index (χ2v) is 7.94. The number of halogens is 1. The van der Waals surface area contributed by atoms with Crippen LogP contribution in [0.2, 0.25) is 0 Å². The molecule has 0 aliphatic rings. The Bertz CT molecular complexity index is 1460. The van der Waals surface area contributed by atoms with E-state index < -0.39 is 5.97 Å². The normalized spacial score (nSPS) is 10.9. The van der Waals surface area contributed by atoms with Gasteiger partial charge in [0.1, 0.15) is 23.9 Å². The van der Waals surface area contributed by atoms with Crippen LogP contribution in [0.1, 0.15) is 16.1 Å². The quantitative estimate of drug-likeness (QED) is 0.283. The Labute approximate surface area is 196 Å². The molecular formula is C29H22FNO3. The lowest BCUT2D eigenvalue weighted by Crippen LogP contribution is -2.03. The van der Waals surface area contributed by atoms with Gasteiger partial charge in [-0.05, 0) is 58.7 Å². The average molecular weight is 451 g/mol. The molecule has 0 aliphatic heterocycles. The maximum Gasteiger partial charge on any atom is 0.355 e. The fourth-order valence-corrected chi connectivity index (χ4v) is 4.05. The van der Waals surface area contributed by atoms with Crippen LogP contribution >= 0.6 is 0 Å². The standard InChI is InChI=1S/C29H22FNO3/c1-33-29(32)28-27(22-8-5-9-24(16-22)34-18-19-6-3-2-4-7-19)25-17-21(12-15-26(25)31-28)20-10-13-23(30)14-11-20/h2-17,31H,18H2,1H3. The summed E-state index contributed by atoms with van der Waals surface area (Å²) in [5.74, 6) is -0.0428. The van der Waals surface area contributed by atoms with Crippen molar-refractivity contribution in [2.24, 2.45) is 0 Å². The molecule has 0 bridgehead atoms. The number of benzene rings is 4. The molecule has 4 aromatic carbocycles. The van der Waals surface area contributed by atoms with Gasteiger partial charge in [0.2, 0.25) is 0 Å². The molecule has 0 fully saturated rings. The van der Waals surface area contributed by atoms with Crippen LogP contribution in [0.25, 0.3) is 33.2 Å². The highest BCUT2D eigenvalue weighted by molar-refractivity contribution is 6.09. The first-order chi connectivity index (χ1) is 16.6. The first-order valence-electron chi connectivity index (χ1n) is 10.9. The van der Waals surface area contributed by atoms with E-state index in [1.165, 1.54) is 19.2 Å². The highest BCUT2D eigenvalue weighted by atomic mass is 19.1. The molecule has 0 atom stereocenters. The third kappa shape index (κ3) is 4.28. The number of ether oxygens (including phenoxy) is 2. The van der Waals surface area contributed by atoms with Crippen LogP contribution in [-0.2, 0) is 11.3 Å². The number of rotatable bonds is 6. The summed E-state index contributed by atoms with van der Waals surface area (Å²) in [6.45, 7) is 0.441. The number of carbonyl (C=O) groups excluding carboxylic acids is 1. The topological polar surface area (TPSA) is 51.3 Å². The lowest BCUT2D eigenvalue weighted by atomic mass is 9.98. The molecule has 0 aliphatic carbocycles. The van der Waals surface area contributed by atoms with E-state index in [0.29, 0.717) is 18.1 Å². The number of aromatic nitrogens is 1. The van der Waals surface area contributed by atoms with Gasteiger partial charge in [0, 0.05) is 16.5 Å². The molecule has 5 aromatic rings. The van der Waals surface area contributed by atoms with E-state index in [1.807, 2.05) is 72.8 Å². The molecule has 0 spiro atoms. The third-order valence-electron chi connectivity index (χ3n) is 5.74. The Morgan fingerprint density at radius 2 is 1.59 bits per heavy atom. The van der Waals surface area contributed by atoms with Gasteiger partial charge >= 0.3 is 5.97 Å². The molecule has 4 nitrogen and oxygen atoms in total. The number of fused-ring (bicyclic) bond motifs is 1. The third-order valence-corrected chi connectivity index (χ3v) is 5.74. The SMILES string of the molecule is COC(=O)c1[nH]c2ccc(-c3ccc(F)cc3)cc2c1-c1cccc(OCc2ccccc2)c1. The number of aromatic amines is 1. The van der Waals surface area contributed by atoms with Gasteiger partial charge < -0.3 is 14.5 Å². The number of nitrogens with one attached hydrogen (secondary N) is 1. The number of esters is 1. The Balaban J connectivity index is 1.58. The molecule has 0 unspecified atom stereocenters. The molecule has 1 heterocycles. The molecule has 1 aromatic heterocycles. The maximum absolute atomic E-state index is 13.4. The van der Waals surface area contributed by atoms with Crippen molar-refractivity contribution in [2.75, 3.05) is 7.11 Å². The number of hydrogen-bond acceptors (Lipinski definition) is 3. The van der Waals surface area contributed by atoms with Gasteiger partial charge in [-0.15, -0.1) is 0 Å². The summed E-state index contributed by atoms with van der Waals surface area (Å²) in [6.07, 6.45) is 0. The van der Waals surface area contributed by atoms with Gasteiger partial charge in [0.05, 0.1) is 7.11 Å². The molecule has 0 saturated carbocycles. The predicted molar refractivity (Wildman–Crippen MR) is 131 cm³/mol. The van der Waals surface area contributed by atoms with Crippen LogP contribution in [0.5, 0.6) is 5.75 Å². The lowest BCUT2D eigenvalue weighted by molar-refractivity contribution is 0.0596. The highest BCUT2D eigenvalue weighted by Crippen LogP contribution is 2.37. The minimum Gasteiger partial charge on any atom is -0.489 e. The Morgan fingerprint density at radius 3 is 2.35 bits per heavy atom. The first kappa shape index (κ1) is 21.5. The molecule has 34 heavy (non-hydrogen) atoms. The minimum absolute atomic E-state index is 0.285. The number of H-pyrrole nitrogens is 1. The van der Waals surface area contributed by atoms with Crippen LogP contribution in [-0.4, -0.2) is 18.1 Å². The molecule has 5 heteroatoms. The highest BCUT2D eigenvalue weighted by Gasteiger charge is 2.21. The summed E-state index contributed by atoms with van der Waals surface area (Å²) in [5.41, 5.74) is 5.60. The Kier molecular flexibility index (Phi) is 5.83. The zero-order valence-corrected chi connectivity index (χ0v) is 18.5. The molecule has 0 radical (unpaired) electrons. The smallest absolute Gasteiger partial charge is 0.355 e. The van der Waals surface area contributed by atoms with E-state index in [-0.39, 0.29) is 5.82 Å². The van der Waals surface area contributed by atoms with Crippen molar-refractivity contribution in [1.82, 2.24) is 4.98 Å². The van der Waals surface area contributed by atoms with Crippen molar-refractivity contribution in [3.63, 3.8) is 0 Å². The van der Waals surface area contributed by atoms with Crippen LogP contribution < -0.4 is 4.74 Å². The van der Waals surface area contributed by atoms with Crippen LogP contribution in [0.4, 0.5) is 4.39 Å². The molecule has 0 saturated heterocycles. The second-order valence-electron chi connectivity index (χ2n) is 7.94.